The maximum absolute atomic E-state index is 12.3. The first-order valence-corrected chi connectivity index (χ1v) is 7.92. The number of carbonyl (C=O) groups excluding carboxylic acids is 2. The van der Waals surface area contributed by atoms with Crippen molar-refractivity contribution in [1.29, 1.82) is 0 Å². The van der Waals surface area contributed by atoms with Crippen molar-refractivity contribution in [3.63, 3.8) is 0 Å². The highest BCUT2D eigenvalue weighted by molar-refractivity contribution is 6.75. The molecule has 3 unspecified atom stereocenters. The summed E-state index contributed by atoms with van der Waals surface area (Å²) in [7, 11) is 1.38. The van der Waals surface area contributed by atoms with Crippen LogP contribution in [0.5, 0.6) is 0 Å². The average molecular weight is 358 g/mol. The number of rotatable bonds is 2. The van der Waals surface area contributed by atoms with Crippen LogP contribution in [-0.2, 0) is 19.1 Å². The highest BCUT2D eigenvalue weighted by Crippen LogP contribution is 2.73. The Morgan fingerprint density at radius 2 is 1.71 bits per heavy atom. The van der Waals surface area contributed by atoms with Gasteiger partial charge in [-0.25, -0.2) is 4.79 Å². The fourth-order valence-corrected chi connectivity index (χ4v) is 4.24. The van der Waals surface area contributed by atoms with Crippen molar-refractivity contribution in [2.75, 3.05) is 7.11 Å². The first-order valence-electron chi connectivity index (χ1n) is 6.78. The predicted molar refractivity (Wildman–Crippen MR) is 80.4 cm³/mol. The number of alkyl halides is 3. The Balaban J connectivity index is 2.34. The van der Waals surface area contributed by atoms with Gasteiger partial charge in [0.05, 0.1) is 12.5 Å². The van der Waals surface area contributed by atoms with Crippen molar-refractivity contribution in [1.82, 2.24) is 0 Å². The molecule has 0 aromatic heterocycles. The van der Waals surface area contributed by atoms with Crippen molar-refractivity contribution in [2.45, 2.75) is 49.9 Å². The molecule has 0 N–H and O–H groups in total. The van der Waals surface area contributed by atoms with E-state index in [0.717, 1.165) is 6.42 Å². The van der Waals surface area contributed by atoms with Crippen LogP contribution in [0.3, 0.4) is 0 Å². The lowest BCUT2D eigenvalue weighted by molar-refractivity contribution is -0.160. The van der Waals surface area contributed by atoms with Crippen LogP contribution in [0, 0.1) is 16.2 Å². The van der Waals surface area contributed by atoms with Crippen LogP contribution in [0.25, 0.3) is 0 Å². The fraction of sp³-hybridized carbons (Fsp3) is 0.857. The van der Waals surface area contributed by atoms with Gasteiger partial charge in [-0.1, -0.05) is 55.6 Å². The standard InChI is InChI=1S/C14H19Cl3O4/c1-11(2)12(3)5-6-13(11,9(18)20-4)7-8(12)21-10(19)14(15,16)17/h8H,5-7H2,1-4H3. The van der Waals surface area contributed by atoms with E-state index in [-0.39, 0.29) is 16.8 Å². The minimum atomic E-state index is -2.11. The molecule has 120 valence electrons. The Morgan fingerprint density at radius 3 is 2.19 bits per heavy atom. The lowest BCUT2D eigenvalue weighted by atomic mass is 9.65. The van der Waals surface area contributed by atoms with Gasteiger partial charge in [0.15, 0.2) is 0 Å². The third kappa shape index (κ3) is 2.17. The first-order chi connectivity index (χ1) is 9.42. The van der Waals surface area contributed by atoms with Crippen LogP contribution < -0.4 is 0 Å². The number of ether oxygens (including phenoxy) is 2. The van der Waals surface area contributed by atoms with E-state index in [1.54, 1.807) is 0 Å². The quantitative estimate of drug-likeness (QED) is 0.559. The molecule has 0 heterocycles. The molecule has 2 saturated carbocycles. The van der Waals surface area contributed by atoms with Gasteiger partial charge < -0.3 is 9.47 Å². The van der Waals surface area contributed by atoms with Crippen LogP contribution in [0.2, 0.25) is 0 Å². The van der Waals surface area contributed by atoms with Crippen LogP contribution in [0.4, 0.5) is 0 Å². The SMILES string of the molecule is COC(=O)C12CCC(C)(C(OC(=O)C(Cl)(Cl)Cl)C1)C2(C)C. The maximum Gasteiger partial charge on any atom is 0.358 e. The Morgan fingerprint density at radius 1 is 1.14 bits per heavy atom. The molecule has 0 radical (unpaired) electrons. The lowest BCUT2D eigenvalue weighted by Gasteiger charge is -2.40. The summed E-state index contributed by atoms with van der Waals surface area (Å²) in [6, 6.07) is 0. The molecule has 0 aliphatic heterocycles. The fourth-order valence-electron chi connectivity index (χ4n) is 4.11. The first kappa shape index (κ1) is 17.2. The summed E-state index contributed by atoms with van der Waals surface area (Å²) in [6.45, 7) is 6.04. The summed E-state index contributed by atoms with van der Waals surface area (Å²) in [4.78, 5) is 24.2. The molecule has 21 heavy (non-hydrogen) atoms. The molecule has 2 bridgehead atoms. The summed E-state index contributed by atoms with van der Waals surface area (Å²) >= 11 is 16.7. The van der Waals surface area contributed by atoms with Gasteiger partial charge in [-0.2, -0.15) is 0 Å². The molecule has 7 heteroatoms. The molecule has 0 spiro atoms. The second-order valence-electron chi connectivity index (χ2n) is 6.71. The summed E-state index contributed by atoms with van der Waals surface area (Å²) in [5.41, 5.74) is -1.38. The molecule has 4 nitrogen and oxygen atoms in total. The summed E-state index contributed by atoms with van der Waals surface area (Å²) < 4.78 is 8.31. The van der Waals surface area contributed by atoms with Gasteiger partial charge in [-0.15, -0.1) is 0 Å². The zero-order valence-electron chi connectivity index (χ0n) is 12.5. The molecule has 2 aliphatic rings. The summed E-state index contributed by atoms with van der Waals surface area (Å²) in [5, 5.41) is 0. The third-order valence-electron chi connectivity index (χ3n) is 6.00. The number of fused-ring (bicyclic) bond motifs is 2. The van der Waals surface area contributed by atoms with E-state index in [1.807, 2.05) is 20.8 Å². The van der Waals surface area contributed by atoms with E-state index in [9.17, 15) is 9.59 Å². The molecule has 3 atom stereocenters. The highest BCUT2D eigenvalue weighted by Gasteiger charge is 2.74. The minimum Gasteiger partial charge on any atom is -0.469 e. The predicted octanol–water partition coefficient (Wildman–Crippen LogP) is 3.66. The smallest absolute Gasteiger partial charge is 0.358 e. The monoisotopic (exact) mass is 356 g/mol. The zero-order valence-corrected chi connectivity index (χ0v) is 14.7. The maximum atomic E-state index is 12.3. The Hall–Kier alpha value is -0.190. The Labute approximate surface area is 139 Å². The minimum absolute atomic E-state index is 0.261. The Kier molecular flexibility index (Phi) is 4.01. The molecule has 2 rings (SSSR count). The number of halogens is 3. The second-order valence-corrected chi connectivity index (χ2v) is 8.99. The molecule has 0 saturated heterocycles. The van der Waals surface area contributed by atoms with Gasteiger partial charge in [0.2, 0.25) is 0 Å². The topological polar surface area (TPSA) is 52.6 Å². The number of hydrogen-bond acceptors (Lipinski definition) is 4. The lowest BCUT2D eigenvalue weighted by Crippen LogP contribution is -2.42. The van der Waals surface area contributed by atoms with E-state index in [0.29, 0.717) is 12.8 Å². The highest BCUT2D eigenvalue weighted by atomic mass is 35.6. The van der Waals surface area contributed by atoms with E-state index in [2.05, 4.69) is 0 Å². The number of esters is 2. The molecular formula is C14H19Cl3O4. The number of methoxy groups -OCH3 is 1. The molecule has 0 amide bonds. The third-order valence-corrected chi connectivity index (χ3v) is 6.46. The van der Waals surface area contributed by atoms with E-state index in [4.69, 9.17) is 44.3 Å². The molecule has 2 aliphatic carbocycles. The van der Waals surface area contributed by atoms with Crippen LogP contribution in [0.15, 0.2) is 0 Å². The van der Waals surface area contributed by atoms with Gasteiger partial charge in [0, 0.05) is 11.8 Å². The number of hydrogen-bond donors (Lipinski definition) is 0. The van der Waals surface area contributed by atoms with Gasteiger partial charge in [0.25, 0.3) is 3.79 Å². The summed E-state index contributed by atoms with van der Waals surface area (Å²) in [5.74, 6) is -1.16. The van der Waals surface area contributed by atoms with Crippen molar-refractivity contribution in [2.24, 2.45) is 16.2 Å². The molecule has 0 aromatic carbocycles. The van der Waals surface area contributed by atoms with Crippen molar-refractivity contribution < 1.29 is 19.1 Å². The van der Waals surface area contributed by atoms with Crippen molar-refractivity contribution >= 4 is 46.7 Å². The van der Waals surface area contributed by atoms with Gasteiger partial charge in [-0.05, 0) is 18.3 Å². The van der Waals surface area contributed by atoms with Crippen LogP contribution >= 0.6 is 34.8 Å². The molecular weight excluding hydrogens is 339 g/mol. The van der Waals surface area contributed by atoms with Crippen LogP contribution in [-0.4, -0.2) is 28.9 Å². The summed E-state index contributed by atoms with van der Waals surface area (Å²) in [6.07, 6.45) is 1.40. The van der Waals surface area contributed by atoms with Crippen LogP contribution in [0.1, 0.15) is 40.0 Å². The van der Waals surface area contributed by atoms with Crippen molar-refractivity contribution in [3.05, 3.63) is 0 Å². The van der Waals surface area contributed by atoms with Gasteiger partial charge in [-0.3, -0.25) is 4.79 Å². The zero-order chi connectivity index (χ0) is 16.3. The molecule has 2 fully saturated rings. The normalized spacial score (nSPS) is 37.4. The van der Waals surface area contributed by atoms with Gasteiger partial charge >= 0.3 is 11.9 Å². The average Bonchev–Trinajstić information content (AvgIpc) is 2.67. The van der Waals surface area contributed by atoms with E-state index in [1.165, 1.54) is 7.11 Å². The van der Waals surface area contributed by atoms with E-state index >= 15 is 0 Å². The molecule has 0 aromatic rings. The second kappa shape index (κ2) is 4.90. The van der Waals surface area contributed by atoms with Crippen molar-refractivity contribution in [3.8, 4) is 0 Å². The Bertz CT molecular complexity index is 485. The number of carbonyl (C=O) groups is 2. The van der Waals surface area contributed by atoms with E-state index < -0.39 is 21.3 Å². The van der Waals surface area contributed by atoms with Gasteiger partial charge in [0.1, 0.15) is 6.10 Å². The largest absolute Gasteiger partial charge is 0.469 e.